The molecule has 2 aliphatic heterocycles. The van der Waals surface area contributed by atoms with Crippen molar-refractivity contribution in [1.82, 2.24) is 4.90 Å². The molecule has 0 spiro atoms. The van der Waals surface area contributed by atoms with Crippen molar-refractivity contribution >= 4 is 33.7 Å². The van der Waals surface area contributed by atoms with Crippen molar-refractivity contribution in [1.29, 1.82) is 0 Å². The maximum Gasteiger partial charge on any atom is 0.410 e. The molecule has 8 heteroatoms. The summed E-state index contributed by atoms with van der Waals surface area (Å²) in [6, 6.07) is 5.31. The van der Waals surface area contributed by atoms with Gasteiger partial charge in [0.15, 0.2) is 0 Å². The molecule has 1 amide bonds. The van der Waals surface area contributed by atoms with E-state index in [1.807, 2.05) is 26.8 Å². The van der Waals surface area contributed by atoms with Gasteiger partial charge in [-0.2, -0.15) is 0 Å². The predicted molar refractivity (Wildman–Crippen MR) is 127 cm³/mol. The molecule has 2 heterocycles. The van der Waals surface area contributed by atoms with Crippen molar-refractivity contribution in [2.45, 2.75) is 52.1 Å². The summed E-state index contributed by atoms with van der Waals surface area (Å²) in [5.74, 6) is -0.0840. The number of likely N-dealkylation sites (tertiary alicyclic amines) is 1. The van der Waals surface area contributed by atoms with E-state index in [1.54, 1.807) is 17.0 Å². The highest BCUT2D eigenvalue weighted by atomic mass is 79.9. The Kier molecular flexibility index (Phi) is 8.44. The Hall–Kier alpha value is -1.80. The first kappa shape index (κ1) is 24.8. The third kappa shape index (κ3) is 7.10. The van der Waals surface area contributed by atoms with Crippen molar-refractivity contribution < 1.29 is 24.2 Å². The van der Waals surface area contributed by atoms with Gasteiger partial charge in [-0.25, -0.2) is 9.59 Å². The molecule has 0 aliphatic carbocycles. The second-order valence-corrected chi connectivity index (χ2v) is 10.8. The van der Waals surface area contributed by atoms with Gasteiger partial charge in [0.2, 0.25) is 0 Å². The Labute approximate surface area is 199 Å². The summed E-state index contributed by atoms with van der Waals surface area (Å²) >= 11 is 3.45. The van der Waals surface area contributed by atoms with Gasteiger partial charge >= 0.3 is 12.1 Å². The number of piperidine rings is 2. The Morgan fingerprint density at radius 1 is 1.09 bits per heavy atom. The van der Waals surface area contributed by atoms with Crippen LogP contribution in [0.2, 0.25) is 0 Å². The molecule has 0 bridgehead atoms. The van der Waals surface area contributed by atoms with E-state index >= 15 is 0 Å². The van der Waals surface area contributed by atoms with Gasteiger partial charge in [0.05, 0.1) is 17.9 Å². The average Bonchev–Trinajstić information content (AvgIpc) is 2.73. The largest absolute Gasteiger partial charge is 0.478 e. The van der Waals surface area contributed by atoms with Crippen molar-refractivity contribution in [2.24, 2.45) is 11.8 Å². The van der Waals surface area contributed by atoms with E-state index in [-0.39, 0.29) is 6.09 Å². The quantitative estimate of drug-likeness (QED) is 0.578. The number of benzene rings is 1. The maximum atomic E-state index is 12.3. The average molecular weight is 511 g/mol. The minimum atomic E-state index is -0.897. The van der Waals surface area contributed by atoms with Crippen molar-refractivity contribution in [3.63, 3.8) is 0 Å². The first-order chi connectivity index (χ1) is 15.1. The van der Waals surface area contributed by atoms with Gasteiger partial charge in [-0.3, -0.25) is 0 Å². The Bertz CT molecular complexity index is 802. The van der Waals surface area contributed by atoms with Gasteiger partial charge < -0.3 is 24.4 Å². The van der Waals surface area contributed by atoms with Gasteiger partial charge in [-0.1, -0.05) is 15.9 Å². The number of nitrogens with zero attached hydrogens (tertiary/aromatic N) is 2. The van der Waals surface area contributed by atoms with Crippen LogP contribution < -0.4 is 4.90 Å². The summed E-state index contributed by atoms with van der Waals surface area (Å²) < 4.78 is 12.5. The molecule has 0 saturated carbocycles. The number of aromatic carboxylic acids is 1. The predicted octanol–water partition coefficient (Wildman–Crippen LogP) is 5.03. The second kappa shape index (κ2) is 10.9. The highest BCUT2D eigenvalue weighted by Crippen LogP contribution is 2.30. The SMILES string of the molecule is CC(C)(C)OC(=O)N1CCCC(COCC2CCN(c3cc(Br)ccc3C(=O)O)CC2)C1. The molecule has 1 aromatic rings. The number of rotatable bonds is 6. The lowest BCUT2D eigenvalue weighted by atomic mass is 9.96. The molecule has 1 atom stereocenters. The van der Waals surface area contributed by atoms with Crippen LogP contribution in [0.15, 0.2) is 22.7 Å². The number of anilines is 1. The van der Waals surface area contributed by atoms with Gasteiger partial charge in [0.1, 0.15) is 5.60 Å². The highest BCUT2D eigenvalue weighted by Gasteiger charge is 2.28. The van der Waals surface area contributed by atoms with Crippen molar-refractivity contribution in [3.8, 4) is 0 Å². The first-order valence-electron chi connectivity index (χ1n) is 11.5. The smallest absolute Gasteiger partial charge is 0.410 e. The van der Waals surface area contributed by atoms with Crippen LogP contribution >= 0.6 is 15.9 Å². The van der Waals surface area contributed by atoms with Crippen LogP contribution in [-0.4, -0.2) is 67.1 Å². The fourth-order valence-corrected chi connectivity index (χ4v) is 4.73. The summed E-state index contributed by atoms with van der Waals surface area (Å²) in [7, 11) is 0. The molecule has 1 aromatic carbocycles. The number of hydrogen-bond donors (Lipinski definition) is 1. The highest BCUT2D eigenvalue weighted by molar-refractivity contribution is 9.10. The standard InChI is InChI=1S/C24H35BrN2O5/c1-24(2,3)32-23(30)27-10-4-5-18(14-27)16-31-15-17-8-11-26(12-9-17)21-13-19(25)6-7-20(21)22(28)29/h6-7,13,17-18H,4-5,8-12,14-16H2,1-3H3,(H,28,29). The molecule has 2 fully saturated rings. The lowest BCUT2D eigenvalue weighted by Crippen LogP contribution is -2.44. The van der Waals surface area contributed by atoms with E-state index in [0.29, 0.717) is 37.2 Å². The molecular formula is C24H35BrN2O5. The Morgan fingerprint density at radius 2 is 1.78 bits per heavy atom. The van der Waals surface area contributed by atoms with Gasteiger partial charge in [-0.05, 0) is 70.6 Å². The summed E-state index contributed by atoms with van der Waals surface area (Å²) in [5, 5.41) is 9.49. The maximum absolute atomic E-state index is 12.3. The number of carboxylic acid groups (broad SMARTS) is 1. The minimum Gasteiger partial charge on any atom is -0.478 e. The third-order valence-electron chi connectivity index (χ3n) is 6.02. The normalized spacial score (nSPS) is 20.3. The number of carbonyl (C=O) groups excluding carboxylic acids is 1. The summed E-state index contributed by atoms with van der Waals surface area (Å²) in [5.41, 5.74) is 0.640. The molecule has 0 radical (unpaired) electrons. The second-order valence-electron chi connectivity index (χ2n) is 9.87. The minimum absolute atomic E-state index is 0.233. The zero-order valence-electron chi connectivity index (χ0n) is 19.3. The number of hydrogen-bond acceptors (Lipinski definition) is 5. The molecule has 32 heavy (non-hydrogen) atoms. The summed E-state index contributed by atoms with van der Waals surface area (Å²) in [6.45, 7) is 10.1. The van der Waals surface area contributed by atoms with Gasteiger partial charge in [0, 0.05) is 43.2 Å². The zero-order valence-corrected chi connectivity index (χ0v) is 20.9. The fraction of sp³-hybridized carbons (Fsp3) is 0.667. The van der Waals surface area contributed by atoms with E-state index in [2.05, 4.69) is 20.8 Å². The van der Waals surface area contributed by atoms with E-state index in [9.17, 15) is 14.7 Å². The molecule has 178 valence electrons. The summed E-state index contributed by atoms with van der Waals surface area (Å²) in [6.07, 6.45) is 3.76. The monoisotopic (exact) mass is 510 g/mol. The van der Waals surface area contributed by atoms with Crippen LogP contribution in [-0.2, 0) is 9.47 Å². The van der Waals surface area contributed by atoms with E-state index in [1.165, 1.54) is 0 Å². The number of halogens is 1. The first-order valence-corrected chi connectivity index (χ1v) is 12.2. The molecule has 3 rings (SSSR count). The third-order valence-corrected chi connectivity index (χ3v) is 6.52. The number of carboxylic acids is 1. The number of amides is 1. The molecule has 2 aliphatic rings. The van der Waals surface area contributed by atoms with Crippen LogP contribution in [0.3, 0.4) is 0 Å². The van der Waals surface area contributed by atoms with Crippen LogP contribution in [0.1, 0.15) is 56.8 Å². The zero-order chi connectivity index (χ0) is 23.3. The van der Waals surface area contributed by atoms with Crippen LogP contribution in [0.5, 0.6) is 0 Å². The fourth-order valence-electron chi connectivity index (χ4n) is 4.38. The number of carbonyl (C=O) groups is 2. The molecule has 1 unspecified atom stereocenters. The number of ether oxygens (including phenoxy) is 2. The molecule has 2 saturated heterocycles. The molecule has 7 nitrogen and oxygen atoms in total. The van der Waals surface area contributed by atoms with E-state index in [0.717, 1.165) is 55.5 Å². The Balaban J connectivity index is 1.42. The topological polar surface area (TPSA) is 79.3 Å². The van der Waals surface area contributed by atoms with Gasteiger partial charge in [-0.15, -0.1) is 0 Å². The summed E-state index contributed by atoms with van der Waals surface area (Å²) in [4.78, 5) is 27.9. The van der Waals surface area contributed by atoms with Gasteiger partial charge in [0.25, 0.3) is 0 Å². The molecule has 0 aromatic heterocycles. The van der Waals surface area contributed by atoms with E-state index < -0.39 is 11.6 Å². The lowest BCUT2D eigenvalue weighted by molar-refractivity contribution is 0.00357. The van der Waals surface area contributed by atoms with Crippen LogP contribution in [0.25, 0.3) is 0 Å². The van der Waals surface area contributed by atoms with Crippen LogP contribution in [0.4, 0.5) is 10.5 Å². The van der Waals surface area contributed by atoms with Crippen LogP contribution in [0, 0.1) is 11.8 Å². The van der Waals surface area contributed by atoms with Crippen molar-refractivity contribution in [2.75, 3.05) is 44.3 Å². The van der Waals surface area contributed by atoms with Crippen molar-refractivity contribution in [3.05, 3.63) is 28.2 Å². The molecular weight excluding hydrogens is 476 g/mol. The van der Waals surface area contributed by atoms with E-state index in [4.69, 9.17) is 9.47 Å². The Morgan fingerprint density at radius 3 is 2.44 bits per heavy atom. The lowest BCUT2D eigenvalue weighted by Gasteiger charge is -2.35. The molecule has 1 N–H and O–H groups in total.